The molecule has 0 saturated heterocycles. The van der Waals surface area contributed by atoms with Crippen LogP contribution in [-0.4, -0.2) is 19.0 Å². The van der Waals surface area contributed by atoms with Gasteiger partial charge in [-0.3, -0.25) is 0 Å². The molecule has 1 aromatic rings. The van der Waals surface area contributed by atoms with E-state index < -0.39 is 5.79 Å². The molecule has 1 aromatic carbocycles. The molecule has 0 spiro atoms. The predicted octanol–water partition coefficient (Wildman–Crippen LogP) is 4.95. The summed E-state index contributed by atoms with van der Waals surface area (Å²) in [6.07, 6.45) is 10.5. The van der Waals surface area contributed by atoms with E-state index in [0.717, 1.165) is 0 Å². The molecule has 0 fully saturated rings. The van der Waals surface area contributed by atoms with E-state index >= 15 is 0 Å². The lowest BCUT2D eigenvalue weighted by molar-refractivity contribution is -0.189. The number of allylic oxidation sites excluding steroid dienone is 2. The molecule has 122 valence electrons. The summed E-state index contributed by atoms with van der Waals surface area (Å²) in [5.74, 6) is -0.724. The molecule has 0 heterocycles. The second kappa shape index (κ2) is 7.58. The Morgan fingerprint density at radius 1 is 1.09 bits per heavy atom. The minimum atomic E-state index is -0.724. The first-order valence-electron chi connectivity index (χ1n) is 7.99. The fourth-order valence-corrected chi connectivity index (χ4v) is 2.75. The molecule has 0 saturated carbocycles. The minimum absolute atomic E-state index is 0.0548. The van der Waals surface area contributed by atoms with E-state index in [4.69, 9.17) is 9.47 Å². The van der Waals surface area contributed by atoms with Crippen molar-refractivity contribution in [1.82, 2.24) is 0 Å². The van der Waals surface area contributed by atoms with Crippen LogP contribution in [0.1, 0.15) is 25.8 Å². The highest BCUT2D eigenvalue weighted by Crippen LogP contribution is 2.37. The normalized spacial score (nSPS) is 16.7. The Morgan fingerprint density at radius 3 is 2.17 bits per heavy atom. The van der Waals surface area contributed by atoms with Gasteiger partial charge in [-0.2, -0.15) is 0 Å². The number of rotatable bonds is 8. The van der Waals surface area contributed by atoms with E-state index in [1.165, 1.54) is 11.1 Å². The number of ether oxygens (including phenoxy) is 2. The highest BCUT2D eigenvalue weighted by molar-refractivity contribution is 5.42. The third-order valence-electron chi connectivity index (χ3n) is 4.23. The van der Waals surface area contributed by atoms with E-state index in [-0.39, 0.29) is 5.41 Å². The summed E-state index contributed by atoms with van der Waals surface area (Å²) < 4.78 is 11.7. The third kappa shape index (κ3) is 4.10. The van der Waals surface area contributed by atoms with Gasteiger partial charge in [-0.15, -0.1) is 13.2 Å². The molecular weight excluding hydrogens is 284 g/mol. The summed E-state index contributed by atoms with van der Waals surface area (Å²) in [4.78, 5) is 0. The van der Waals surface area contributed by atoms with Crippen molar-refractivity contribution in [2.45, 2.75) is 31.5 Å². The van der Waals surface area contributed by atoms with Crippen LogP contribution < -0.4 is 0 Å². The van der Waals surface area contributed by atoms with Crippen molar-refractivity contribution < 1.29 is 9.47 Å². The van der Waals surface area contributed by atoms with Crippen LogP contribution in [0, 0.1) is 0 Å². The second-order valence-corrected chi connectivity index (χ2v) is 6.20. The van der Waals surface area contributed by atoms with Gasteiger partial charge in [0.1, 0.15) is 0 Å². The lowest BCUT2D eigenvalue weighted by atomic mass is 9.75. The van der Waals surface area contributed by atoms with Gasteiger partial charge in [0.2, 0.25) is 0 Å². The average Bonchev–Trinajstić information content (AvgIpc) is 2.59. The van der Waals surface area contributed by atoms with Crippen LogP contribution in [0.4, 0.5) is 0 Å². The van der Waals surface area contributed by atoms with E-state index in [2.05, 4.69) is 63.4 Å². The van der Waals surface area contributed by atoms with Crippen molar-refractivity contribution in [2.24, 2.45) is 0 Å². The first kappa shape index (κ1) is 17.5. The summed E-state index contributed by atoms with van der Waals surface area (Å²) >= 11 is 0. The van der Waals surface area contributed by atoms with Gasteiger partial charge in [-0.25, -0.2) is 0 Å². The van der Waals surface area contributed by atoms with Gasteiger partial charge in [-0.05, 0) is 17.2 Å². The number of hydrogen-bond donors (Lipinski definition) is 0. The Bertz CT molecular complexity index is 582. The molecule has 1 aliphatic carbocycles. The predicted molar refractivity (Wildman–Crippen MR) is 96.3 cm³/mol. The number of benzene rings is 1. The van der Waals surface area contributed by atoms with Gasteiger partial charge in [-0.1, -0.05) is 68.5 Å². The van der Waals surface area contributed by atoms with E-state index in [1.807, 2.05) is 12.1 Å². The molecule has 23 heavy (non-hydrogen) atoms. The molecule has 2 heteroatoms. The van der Waals surface area contributed by atoms with Crippen LogP contribution >= 0.6 is 0 Å². The maximum atomic E-state index is 5.87. The van der Waals surface area contributed by atoms with Gasteiger partial charge in [0.25, 0.3) is 0 Å². The molecule has 0 amide bonds. The summed E-state index contributed by atoms with van der Waals surface area (Å²) in [5.41, 5.74) is 2.51. The fraction of sp³-hybridized carbons (Fsp3) is 0.333. The van der Waals surface area contributed by atoms with E-state index in [9.17, 15) is 0 Å². The molecule has 1 aliphatic rings. The smallest absolute Gasteiger partial charge is 0.192 e. The highest BCUT2D eigenvalue weighted by Gasteiger charge is 2.33. The zero-order valence-electron chi connectivity index (χ0n) is 14.1. The Morgan fingerprint density at radius 2 is 1.70 bits per heavy atom. The van der Waals surface area contributed by atoms with Gasteiger partial charge >= 0.3 is 0 Å². The number of hydrogen-bond acceptors (Lipinski definition) is 2. The SMILES string of the molecule is C=CCOC1(OCC=C)C=CC(C(C)(C)c2ccccc2)=CC1. The Kier molecular flexibility index (Phi) is 5.75. The third-order valence-corrected chi connectivity index (χ3v) is 4.23. The Labute approximate surface area is 139 Å². The minimum Gasteiger partial charge on any atom is -0.342 e. The van der Waals surface area contributed by atoms with Crippen molar-refractivity contribution in [3.05, 3.63) is 85.0 Å². The summed E-state index contributed by atoms with van der Waals surface area (Å²) in [6.45, 7) is 12.8. The largest absolute Gasteiger partial charge is 0.342 e. The maximum absolute atomic E-state index is 5.87. The Balaban J connectivity index is 2.19. The molecule has 0 aromatic heterocycles. The summed E-state index contributed by atoms with van der Waals surface area (Å²) in [6, 6.07) is 10.5. The molecule has 0 bridgehead atoms. The lowest BCUT2D eigenvalue weighted by Crippen LogP contribution is -2.36. The second-order valence-electron chi connectivity index (χ2n) is 6.20. The van der Waals surface area contributed by atoms with Gasteiger partial charge in [0.15, 0.2) is 5.79 Å². The average molecular weight is 310 g/mol. The van der Waals surface area contributed by atoms with E-state index in [1.54, 1.807) is 12.2 Å². The maximum Gasteiger partial charge on any atom is 0.192 e. The van der Waals surface area contributed by atoms with Crippen molar-refractivity contribution in [1.29, 1.82) is 0 Å². The topological polar surface area (TPSA) is 18.5 Å². The van der Waals surface area contributed by atoms with Crippen LogP contribution in [0.5, 0.6) is 0 Å². The van der Waals surface area contributed by atoms with Gasteiger partial charge in [0, 0.05) is 11.8 Å². The van der Waals surface area contributed by atoms with Crippen molar-refractivity contribution >= 4 is 0 Å². The van der Waals surface area contributed by atoms with Crippen LogP contribution in [0.2, 0.25) is 0 Å². The van der Waals surface area contributed by atoms with Crippen molar-refractivity contribution in [3.8, 4) is 0 Å². The molecule has 0 unspecified atom stereocenters. The molecule has 2 nitrogen and oxygen atoms in total. The monoisotopic (exact) mass is 310 g/mol. The molecule has 0 atom stereocenters. The lowest BCUT2D eigenvalue weighted by Gasteiger charge is -2.35. The molecule has 0 radical (unpaired) electrons. The highest BCUT2D eigenvalue weighted by atomic mass is 16.7. The zero-order chi connectivity index (χ0) is 16.8. The molecule has 0 aliphatic heterocycles. The molecular formula is C21H26O2. The first-order valence-corrected chi connectivity index (χ1v) is 7.99. The van der Waals surface area contributed by atoms with Crippen molar-refractivity contribution in [3.63, 3.8) is 0 Å². The van der Waals surface area contributed by atoms with Crippen LogP contribution in [-0.2, 0) is 14.9 Å². The van der Waals surface area contributed by atoms with Gasteiger partial charge < -0.3 is 9.47 Å². The van der Waals surface area contributed by atoms with Crippen LogP contribution in [0.25, 0.3) is 0 Å². The Hall–Kier alpha value is -1.90. The van der Waals surface area contributed by atoms with Crippen molar-refractivity contribution in [2.75, 3.05) is 13.2 Å². The van der Waals surface area contributed by atoms with Crippen LogP contribution in [0.3, 0.4) is 0 Å². The van der Waals surface area contributed by atoms with E-state index in [0.29, 0.717) is 19.6 Å². The summed E-state index contributed by atoms with van der Waals surface area (Å²) in [7, 11) is 0. The van der Waals surface area contributed by atoms with Gasteiger partial charge in [0.05, 0.1) is 13.2 Å². The van der Waals surface area contributed by atoms with Crippen LogP contribution in [0.15, 0.2) is 79.4 Å². The summed E-state index contributed by atoms with van der Waals surface area (Å²) in [5, 5.41) is 0. The molecule has 0 N–H and O–H groups in total. The standard InChI is InChI=1S/C21H26O2/c1-5-16-22-21(23-17-6-2)14-12-19(13-15-21)20(3,4)18-10-8-7-9-11-18/h5-14H,1-2,15-17H2,3-4H3. The zero-order valence-corrected chi connectivity index (χ0v) is 14.1. The first-order chi connectivity index (χ1) is 11.0. The fourth-order valence-electron chi connectivity index (χ4n) is 2.75. The molecule has 2 rings (SSSR count). The quantitative estimate of drug-likeness (QED) is 0.499.